The minimum Gasteiger partial charge on any atom is -0.339 e. The number of amides is 1. The van der Waals surface area contributed by atoms with Crippen molar-refractivity contribution < 1.29 is 4.79 Å². The molecule has 32 heavy (non-hydrogen) atoms. The van der Waals surface area contributed by atoms with Gasteiger partial charge in [0.15, 0.2) is 0 Å². The van der Waals surface area contributed by atoms with E-state index in [4.69, 9.17) is 4.98 Å². The molecule has 0 bridgehead atoms. The zero-order chi connectivity index (χ0) is 21.9. The molecule has 1 aliphatic heterocycles. The van der Waals surface area contributed by atoms with E-state index in [1.165, 1.54) is 5.56 Å². The van der Waals surface area contributed by atoms with Gasteiger partial charge in [0.25, 0.3) is 5.91 Å². The molecule has 1 aliphatic rings. The van der Waals surface area contributed by atoms with Gasteiger partial charge in [-0.25, -0.2) is 4.98 Å². The highest BCUT2D eigenvalue weighted by molar-refractivity contribution is 9.10. The average Bonchev–Trinajstić information content (AvgIpc) is 2.84. The van der Waals surface area contributed by atoms with Crippen LogP contribution in [0.1, 0.15) is 28.8 Å². The first-order valence-corrected chi connectivity index (χ1v) is 12.0. The summed E-state index contributed by atoms with van der Waals surface area (Å²) in [7, 11) is 0. The first kappa shape index (κ1) is 20.9. The van der Waals surface area contributed by atoms with Crippen LogP contribution < -0.4 is 0 Å². The van der Waals surface area contributed by atoms with E-state index < -0.39 is 0 Å². The smallest absolute Gasteiger partial charge is 0.254 e. The summed E-state index contributed by atoms with van der Waals surface area (Å²) in [5.74, 6) is 0.745. The van der Waals surface area contributed by atoms with E-state index in [0.29, 0.717) is 5.92 Å². The molecule has 0 radical (unpaired) electrons. The third-order valence-corrected chi connectivity index (χ3v) is 6.88. The van der Waals surface area contributed by atoms with Crippen molar-refractivity contribution in [3.05, 3.63) is 101 Å². The molecule has 0 N–H and O–H groups in total. The quantitative estimate of drug-likeness (QED) is 0.320. The standard InChI is InChI=1S/C28H25BrN2O/c29-23-12-10-22(11-13-23)27-19-25(24-8-4-5-9-26(24)30-27)28(32)31-16-14-21(15-17-31)18-20-6-2-1-3-7-20/h1-13,19,21H,14-18H2. The maximum absolute atomic E-state index is 13.6. The Kier molecular flexibility index (Phi) is 6.04. The first-order valence-electron chi connectivity index (χ1n) is 11.2. The van der Waals surface area contributed by atoms with Gasteiger partial charge in [-0.3, -0.25) is 4.79 Å². The molecule has 160 valence electrons. The van der Waals surface area contributed by atoms with Crippen LogP contribution in [0.15, 0.2) is 89.4 Å². The second-order valence-corrected chi connectivity index (χ2v) is 9.42. The van der Waals surface area contributed by atoms with Crippen molar-refractivity contribution in [1.82, 2.24) is 9.88 Å². The van der Waals surface area contributed by atoms with Crippen LogP contribution in [0.5, 0.6) is 0 Å². The van der Waals surface area contributed by atoms with Crippen LogP contribution >= 0.6 is 15.9 Å². The van der Waals surface area contributed by atoms with E-state index in [2.05, 4.69) is 46.3 Å². The lowest BCUT2D eigenvalue weighted by Crippen LogP contribution is -2.39. The molecule has 0 atom stereocenters. The number of fused-ring (bicyclic) bond motifs is 1. The molecule has 1 amide bonds. The highest BCUT2D eigenvalue weighted by Crippen LogP contribution is 2.29. The predicted octanol–water partition coefficient (Wildman–Crippen LogP) is 6.76. The van der Waals surface area contributed by atoms with Crippen molar-refractivity contribution >= 4 is 32.7 Å². The minimum atomic E-state index is 0.111. The van der Waals surface area contributed by atoms with Gasteiger partial charge < -0.3 is 4.90 Å². The summed E-state index contributed by atoms with van der Waals surface area (Å²) in [6.45, 7) is 1.61. The lowest BCUT2D eigenvalue weighted by molar-refractivity contribution is 0.0692. The van der Waals surface area contributed by atoms with Gasteiger partial charge in [0.05, 0.1) is 16.8 Å². The van der Waals surface area contributed by atoms with E-state index in [9.17, 15) is 4.79 Å². The molecule has 1 aromatic heterocycles. The molecule has 0 aliphatic carbocycles. The molecule has 3 aromatic carbocycles. The number of benzene rings is 3. The van der Waals surface area contributed by atoms with Crippen LogP contribution in [-0.4, -0.2) is 28.9 Å². The number of pyridine rings is 1. The number of rotatable bonds is 4. The maximum atomic E-state index is 13.6. The largest absolute Gasteiger partial charge is 0.339 e. The number of carbonyl (C=O) groups excluding carboxylic acids is 1. The van der Waals surface area contributed by atoms with Gasteiger partial charge in [0.2, 0.25) is 0 Å². The monoisotopic (exact) mass is 484 g/mol. The summed E-state index contributed by atoms with van der Waals surface area (Å²) in [6.07, 6.45) is 3.18. The Morgan fingerprint density at radius 1 is 0.906 bits per heavy atom. The number of para-hydroxylation sites is 1. The Labute approximate surface area is 197 Å². The molecule has 1 saturated heterocycles. The highest BCUT2D eigenvalue weighted by atomic mass is 79.9. The van der Waals surface area contributed by atoms with Gasteiger partial charge in [-0.15, -0.1) is 0 Å². The Morgan fingerprint density at radius 3 is 2.34 bits per heavy atom. The number of likely N-dealkylation sites (tertiary alicyclic amines) is 1. The molecule has 5 rings (SSSR count). The van der Waals surface area contributed by atoms with Crippen LogP contribution in [0.2, 0.25) is 0 Å². The molecular formula is C28H25BrN2O. The Bertz CT molecular complexity index is 1230. The molecule has 4 heteroatoms. The van der Waals surface area contributed by atoms with Crippen molar-refractivity contribution in [2.45, 2.75) is 19.3 Å². The van der Waals surface area contributed by atoms with Crippen molar-refractivity contribution in [3.63, 3.8) is 0 Å². The highest BCUT2D eigenvalue weighted by Gasteiger charge is 2.25. The third kappa shape index (κ3) is 4.46. The van der Waals surface area contributed by atoms with Crippen LogP contribution in [0.3, 0.4) is 0 Å². The van der Waals surface area contributed by atoms with Crippen LogP contribution in [-0.2, 0) is 6.42 Å². The Balaban J connectivity index is 1.39. The number of aromatic nitrogens is 1. The molecule has 4 aromatic rings. The average molecular weight is 485 g/mol. The van der Waals surface area contributed by atoms with Crippen molar-refractivity contribution in [2.75, 3.05) is 13.1 Å². The summed E-state index contributed by atoms with van der Waals surface area (Å²) in [5.41, 5.74) is 4.83. The second kappa shape index (κ2) is 9.25. The molecule has 2 heterocycles. The van der Waals surface area contributed by atoms with Gasteiger partial charge in [0, 0.05) is 28.5 Å². The summed E-state index contributed by atoms with van der Waals surface area (Å²) >= 11 is 3.49. The normalized spacial score (nSPS) is 14.6. The fourth-order valence-corrected chi connectivity index (χ4v) is 4.84. The summed E-state index contributed by atoms with van der Waals surface area (Å²) in [4.78, 5) is 20.5. The van der Waals surface area contributed by atoms with Crippen molar-refractivity contribution in [3.8, 4) is 11.3 Å². The predicted molar refractivity (Wildman–Crippen MR) is 134 cm³/mol. The number of hydrogen-bond acceptors (Lipinski definition) is 2. The fraction of sp³-hybridized carbons (Fsp3) is 0.214. The van der Waals surface area contributed by atoms with Crippen LogP contribution in [0, 0.1) is 5.92 Å². The lowest BCUT2D eigenvalue weighted by atomic mass is 9.90. The van der Waals surface area contributed by atoms with Crippen molar-refractivity contribution in [2.24, 2.45) is 5.92 Å². The Morgan fingerprint density at radius 2 is 1.59 bits per heavy atom. The van der Waals surface area contributed by atoms with Gasteiger partial charge >= 0.3 is 0 Å². The van der Waals surface area contributed by atoms with E-state index in [1.54, 1.807) is 0 Å². The molecular weight excluding hydrogens is 460 g/mol. The molecule has 3 nitrogen and oxygen atoms in total. The zero-order valence-corrected chi connectivity index (χ0v) is 19.5. The van der Waals surface area contributed by atoms with E-state index >= 15 is 0 Å². The summed E-state index contributed by atoms with van der Waals surface area (Å²) in [6, 6.07) is 28.6. The van der Waals surface area contributed by atoms with Gasteiger partial charge in [-0.1, -0.05) is 76.6 Å². The number of carbonyl (C=O) groups is 1. The SMILES string of the molecule is O=C(c1cc(-c2ccc(Br)cc2)nc2ccccc12)N1CCC(Cc2ccccc2)CC1. The minimum absolute atomic E-state index is 0.111. The van der Waals surface area contributed by atoms with Crippen LogP contribution in [0.25, 0.3) is 22.2 Å². The lowest BCUT2D eigenvalue weighted by Gasteiger charge is -2.32. The fourth-order valence-electron chi connectivity index (χ4n) is 4.58. The van der Waals surface area contributed by atoms with Crippen molar-refractivity contribution in [1.29, 1.82) is 0 Å². The number of piperidine rings is 1. The van der Waals surface area contributed by atoms with Gasteiger partial charge in [-0.05, 0) is 55.0 Å². The molecule has 0 saturated carbocycles. The zero-order valence-electron chi connectivity index (χ0n) is 17.9. The first-order chi connectivity index (χ1) is 15.7. The van der Waals surface area contributed by atoms with E-state index in [-0.39, 0.29) is 5.91 Å². The topological polar surface area (TPSA) is 33.2 Å². The van der Waals surface area contributed by atoms with E-state index in [1.807, 2.05) is 59.5 Å². The summed E-state index contributed by atoms with van der Waals surface area (Å²) in [5, 5.41) is 0.921. The number of hydrogen-bond donors (Lipinski definition) is 0. The third-order valence-electron chi connectivity index (χ3n) is 6.36. The Hall–Kier alpha value is -2.98. The number of nitrogens with zero attached hydrogens (tertiary/aromatic N) is 2. The van der Waals surface area contributed by atoms with E-state index in [0.717, 1.165) is 64.5 Å². The second-order valence-electron chi connectivity index (χ2n) is 8.50. The maximum Gasteiger partial charge on any atom is 0.254 e. The molecule has 1 fully saturated rings. The number of halogens is 1. The molecule has 0 unspecified atom stereocenters. The summed E-state index contributed by atoms with van der Waals surface area (Å²) < 4.78 is 1.02. The molecule has 0 spiro atoms. The van der Waals surface area contributed by atoms with Crippen LogP contribution in [0.4, 0.5) is 0 Å². The van der Waals surface area contributed by atoms with Gasteiger partial charge in [-0.2, -0.15) is 0 Å². The van der Waals surface area contributed by atoms with Gasteiger partial charge in [0.1, 0.15) is 0 Å².